The molecule has 1 aliphatic rings. The highest BCUT2D eigenvalue weighted by atomic mass is 32.2. The molecule has 1 fully saturated rings. The number of sulfonamides is 1. The summed E-state index contributed by atoms with van der Waals surface area (Å²) in [6.07, 6.45) is 1.04. The minimum atomic E-state index is -4.01. The highest BCUT2D eigenvalue weighted by Crippen LogP contribution is 2.18. The Balaban J connectivity index is 2.22. The van der Waals surface area contributed by atoms with Gasteiger partial charge < -0.3 is 9.84 Å². The number of ether oxygens (including phenoxy) is 1. The molecule has 0 unspecified atom stereocenters. The van der Waals surface area contributed by atoms with Gasteiger partial charge in [-0.1, -0.05) is 0 Å². The van der Waals surface area contributed by atoms with Gasteiger partial charge in [0.05, 0.1) is 5.56 Å². The first-order chi connectivity index (χ1) is 9.40. The van der Waals surface area contributed by atoms with Crippen LogP contribution in [0.15, 0.2) is 23.1 Å². The fraction of sp³-hybridized carbons (Fsp3) is 0.417. The summed E-state index contributed by atoms with van der Waals surface area (Å²) in [5.41, 5.74) is -0.299. The first-order valence-electron chi connectivity index (χ1n) is 6.03. The van der Waals surface area contributed by atoms with E-state index < -0.39 is 26.7 Å². The summed E-state index contributed by atoms with van der Waals surface area (Å²) in [5, 5.41) is 8.72. The van der Waals surface area contributed by atoms with Gasteiger partial charge >= 0.3 is 5.97 Å². The van der Waals surface area contributed by atoms with Crippen LogP contribution in [0, 0.1) is 5.82 Å². The van der Waals surface area contributed by atoms with Gasteiger partial charge in [0.25, 0.3) is 0 Å². The number of nitrogens with one attached hydrogen (secondary N) is 1. The second kappa shape index (κ2) is 5.86. The zero-order valence-corrected chi connectivity index (χ0v) is 11.3. The Morgan fingerprint density at radius 3 is 2.55 bits per heavy atom. The van der Waals surface area contributed by atoms with Gasteiger partial charge in [0.2, 0.25) is 10.0 Å². The summed E-state index contributed by atoms with van der Waals surface area (Å²) in [6, 6.07) is 2.41. The van der Waals surface area contributed by atoms with Crippen molar-refractivity contribution in [1.29, 1.82) is 0 Å². The molecule has 0 spiro atoms. The van der Waals surface area contributed by atoms with Gasteiger partial charge in [-0.3, -0.25) is 0 Å². The van der Waals surface area contributed by atoms with E-state index in [0.29, 0.717) is 32.1 Å². The van der Waals surface area contributed by atoms with Crippen molar-refractivity contribution in [2.75, 3.05) is 13.2 Å². The predicted molar refractivity (Wildman–Crippen MR) is 67.5 cm³/mol. The minimum absolute atomic E-state index is 0.299. The molecule has 0 radical (unpaired) electrons. The van der Waals surface area contributed by atoms with Crippen molar-refractivity contribution in [2.24, 2.45) is 0 Å². The molecule has 0 aliphatic carbocycles. The smallest absolute Gasteiger partial charge is 0.335 e. The number of hydrogen-bond acceptors (Lipinski definition) is 4. The zero-order valence-electron chi connectivity index (χ0n) is 10.5. The molecule has 8 heteroatoms. The molecular formula is C12H14FNO5S. The fourth-order valence-electron chi connectivity index (χ4n) is 1.95. The third-order valence-electron chi connectivity index (χ3n) is 3.01. The van der Waals surface area contributed by atoms with Crippen LogP contribution in [0.25, 0.3) is 0 Å². The van der Waals surface area contributed by atoms with Crippen molar-refractivity contribution in [3.8, 4) is 0 Å². The summed E-state index contributed by atoms with van der Waals surface area (Å²) in [6.45, 7) is 0.904. The third-order valence-corrected chi connectivity index (χ3v) is 4.57. The fourth-order valence-corrected chi connectivity index (χ4v) is 3.31. The lowest BCUT2D eigenvalue weighted by Gasteiger charge is -2.23. The highest BCUT2D eigenvalue weighted by Gasteiger charge is 2.25. The quantitative estimate of drug-likeness (QED) is 0.865. The maximum Gasteiger partial charge on any atom is 0.335 e. The van der Waals surface area contributed by atoms with E-state index in [1.165, 1.54) is 0 Å². The first kappa shape index (κ1) is 14.9. The van der Waals surface area contributed by atoms with Crippen molar-refractivity contribution in [3.63, 3.8) is 0 Å². The number of hydrogen-bond donors (Lipinski definition) is 2. The molecule has 2 rings (SSSR count). The molecule has 0 atom stereocenters. The van der Waals surface area contributed by atoms with Crippen LogP contribution in [0.1, 0.15) is 23.2 Å². The molecule has 20 heavy (non-hydrogen) atoms. The molecule has 110 valence electrons. The molecule has 1 saturated heterocycles. The summed E-state index contributed by atoms with van der Waals surface area (Å²) in [4.78, 5) is 10.1. The van der Waals surface area contributed by atoms with Crippen LogP contribution >= 0.6 is 0 Å². The standard InChI is InChI=1S/C12H14FNO5S/c13-10-7-8(12(15)16)1-2-11(10)20(17,18)14-9-3-5-19-6-4-9/h1-2,7,9,14H,3-6H2,(H,15,16). The summed E-state index contributed by atoms with van der Waals surface area (Å²) in [5.74, 6) is -2.39. The van der Waals surface area contributed by atoms with Gasteiger partial charge in [-0.25, -0.2) is 22.3 Å². The summed E-state index contributed by atoms with van der Waals surface area (Å²) < 4.78 is 45.4. The van der Waals surface area contributed by atoms with E-state index in [1.807, 2.05) is 0 Å². The summed E-state index contributed by atoms with van der Waals surface area (Å²) in [7, 11) is -4.01. The summed E-state index contributed by atoms with van der Waals surface area (Å²) >= 11 is 0. The Bertz CT molecular complexity index is 610. The lowest BCUT2D eigenvalue weighted by Crippen LogP contribution is -2.39. The Hall–Kier alpha value is -1.51. The second-order valence-corrected chi connectivity index (χ2v) is 6.14. The van der Waals surface area contributed by atoms with E-state index in [4.69, 9.17) is 9.84 Å². The number of aromatic carboxylic acids is 1. The van der Waals surface area contributed by atoms with Crippen LogP contribution in [0.3, 0.4) is 0 Å². The van der Waals surface area contributed by atoms with E-state index in [1.54, 1.807) is 0 Å². The van der Waals surface area contributed by atoms with Crippen molar-refractivity contribution < 1.29 is 27.4 Å². The van der Waals surface area contributed by atoms with Gasteiger partial charge in [0.15, 0.2) is 0 Å². The van der Waals surface area contributed by atoms with E-state index >= 15 is 0 Å². The maximum absolute atomic E-state index is 13.8. The number of halogens is 1. The number of carboxylic acids is 1. The largest absolute Gasteiger partial charge is 0.478 e. The Labute approximate surface area is 115 Å². The highest BCUT2D eigenvalue weighted by molar-refractivity contribution is 7.89. The van der Waals surface area contributed by atoms with Gasteiger partial charge in [-0.15, -0.1) is 0 Å². The molecule has 0 saturated carbocycles. The van der Waals surface area contributed by atoms with Crippen molar-refractivity contribution in [1.82, 2.24) is 4.72 Å². The molecule has 0 bridgehead atoms. The molecule has 1 aromatic carbocycles. The van der Waals surface area contributed by atoms with Crippen LogP contribution in [0.5, 0.6) is 0 Å². The number of carboxylic acid groups (broad SMARTS) is 1. The molecule has 6 nitrogen and oxygen atoms in total. The van der Waals surface area contributed by atoms with Gasteiger partial charge in [0.1, 0.15) is 10.7 Å². The Morgan fingerprint density at radius 1 is 1.35 bits per heavy atom. The predicted octanol–water partition coefficient (Wildman–Crippen LogP) is 0.981. The van der Waals surface area contributed by atoms with Gasteiger partial charge in [-0.2, -0.15) is 0 Å². The monoisotopic (exact) mass is 303 g/mol. The Kier molecular flexibility index (Phi) is 4.36. The molecule has 2 N–H and O–H groups in total. The van der Waals surface area contributed by atoms with Crippen molar-refractivity contribution in [3.05, 3.63) is 29.6 Å². The number of carbonyl (C=O) groups is 1. The first-order valence-corrected chi connectivity index (χ1v) is 7.51. The van der Waals surface area contributed by atoms with Crippen LogP contribution in [0.2, 0.25) is 0 Å². The lowest BCUT2D eigenvalue weighted by atomic mass is 10.1. The van der Waals surface area contributed by atoms with E-state index in [2.05, 4.69) is 4.72 Å². The van der Waals surface area contributed by atoms with Gasteiger partial charge in [-0.05, 0) is 31.0 Å². The lowest BCUT2D eigenvalue weighted by molar-refractivity contribution is 0.0696. The molecule has 1 heterocycles. The van der Waals surface area contributed by atoms with Crippen molar-refractivity contribution in [2.45, 2.75) is 23.8 Å². The Morgan fingerprint density at radius 2 is 2.00 bits per heavy atom. The molecule has 1 aromatic rings. The second-order valence-electron chi connectivity index (χ2n) is 4.46. The van der Waals surface area contributed by atoms with Gasteiger partial charge in [0, 0.05) is 19.3 Å². The molecule has 0 amide bonds. The van der Waals surface area contributed by atoms with E-state index in [0.717, 1.165) is 12.1 Å². The molecule has 1 aliphatic heterocycles. The average Bonchev–Trinajstić information content (AvgIpc) is 2.38. The zero-order chi connectivity index (χ0) is 14.8. The van der Waals surface area contributed by atoms with Crippen LogP contribution < -0.4 is 4.72 Å². The number of benzene rings is 1. The van der Waals surface area contributed by atoms with Crippen LogP contribution in [-0.4, -0.2) is 38.7 Å². The van der Waals surface area contributed by atoms with Crippen molar-refractivity contribution >= 4 is 16.0 Å². The molecule has 0 aromatic heterocycles. The van der Waals surface area contributed by atoms with E-state index in [-0.39, 0.29) is 11.6 Å². The minimum Gasteiger partial charge on any atom is -0.478 e. The maximum atomic E-state index is 13.8. The normalized spacial score (nSPS) is 17.1. The molecular weight excluding hydrogens is 289 g/mol. The van der Waals surface area contributed by atoms with Crippen LogP contribution in [-0.2, 0) is 14.8 Å². The number of rotatable bonds is 4. The average molecular weight is 303 g/mol. The third kappa shape index (κ3) is 3.33. The topological polar surface area (TPSA) is 92.7 Å². The van der Waals surface area contributed by atoms with Crippen LogP contribution in [0.4, 0.5) is 4.39 Å². The SMILES string of the molecule is O=C(O)c1ccc(S(=O)(=O)NC2CCOCC2)c(F)c1. The van der Waals surface area contributed by atoms with E-state index in [9.17, 15) is 17.6 Å².